The van der Waals surface area contributed by atoms with Crippen molar-refractivity contribution in [1.82, 2.24) is 0 Å². The molecular weight excluding hydrogens is 348 g/mol. The second-order valence-electron chi connectivity index (χ2n) is 6.03. The van der Waals surface area contributed by atoms with Gasteiger partial charge in [-0.3, -0.25) is 4.79 Å². The van der Waals surface area contributed by atoms with E-state index in [2.05, 4.69) is 5.32 Å². The van der Waals surface area contributed by atoms with Crippen LogP contribution in [0.5, 0.6) is 0 Å². The van der Waals surface area contributed by atoms with Crippen molar-refractivity contribution in [2.24, 2.45) is 0 Å². The topological polar surface area (TPSA) is 63.2 Å². The number of amides is 1. The summed E-state index contributed by atoms with van der Waals surface area (Å²) in [6.07, 6.45) is 2.59. The van der Waals surface area contributed by atoms with E-state index < -0.39 is 27.4 Å². The average molecular weight is 365 g/mol. The van der Waals surface area contributed by atoms with Gasteiger partial charge in [0, 0.05) is 18.2 Å². The number of nitrogens with one attached hydrogen (secondary N) is 1. The van der Waals surface area contributed by atoms with Crippen LogP contribution in [0.1, 0.15) is 24.0 Å². The van der Waals surface area contributed by atoms with Crippen molar-refractivity contribution >= 4 is 21.4 Å². The van der Waals surface area contributed by atoms with Crippen molar-refractivity contribution < 1.29 is 22.0 Å². The number of hydrogen-bond donors (Lipinski definition) is 1. The zero-order valence-corrected chi connectivity index (χ0v) is 14.2. The number of anilines is 1. The lowest BCUT2D eigenvalue weighted by molar-refractivity contribution is -0.115. The van der Waals surface area contributed by atoms with E-state index >= 15 is 0 Å². The smallest absolute Gasteiger partial charge is 0.225 e. The highest BCUT2D eigenvalue weighted by atomic mass is 32.2. The largest absolute Gasteiger partial charge is 0.326 e. The van der Waals surface area contributed by atoms with Gasteiger partial charge in [-0.25, -0.2) is 17.2 Å². The summed E-state index contributed by atoms with van der Waals surface area (Å²) in [4.78, 5) is 12.1. The maximum Gasteiger partial charge on any atom is 0.225 e. The number of aryl methyl sites for hydroxylation is 2. The predicted octanol–water partition coefficient (Wildman–Crippen LogP) is 3.26. The molecule has 4 nitrogen and oxygen atoms in total. The zero-order chi connectivity index (χ0) is 18.0. The summed E-state index contributed by atoms with van der Waals surface area (Å²) in [7, 11) is -3.58. The van der Waals surface area contributed by atoms with E-state index in [0.717, 1.165) is 37.0 Å². The Morgan fingerprint density at radius 2 is 1.76 bits per heavy atom. The van der Waals surface area contributed by atoms with E-state index in [-0.39, 0.29) is 22.8 Å². The normalized spacial score (nSPS) is 13.5. The van der Waals surface area contributed by atoms with Crippen LogP contribution in [0.2, 0.25) is 0 Å². The SMILES string of the molecule is O=C(CCS(=O)(=O)c1ccc2c(c1)CCC2)Nc1ccc(F)c(F)c1. The molecule has 7 heteroatoms. The van der Waals surface area contributed by atoms with Gasteiger partial charge in [-0.1, -0.05) is 6.07 Å². The minimum absolute atomic E-state index is 0.0822. The number of benzene rings is 2. The highest BCUT2D eigenvalue weighted by Gasteiger charge is 2.20. The van der Waals surface area contributed by atoms with Gasteiger partial charge in [0.05, 0.1) is 10.6 Å². The Labute approximate surface area is 144 Å². The molecule has 0 heterocycles. The lowest BCUT2D eigenvalue weighted by Gasteiger charge is -2.08. The third-order valence-electron chi connectivity index (χ3n) is 4.23. The molecule has 0 aromatic heterocycles. The molecule has 3 rings (SSSR count). The third kappa shape index (κ3) is 4.04. The fourth-order valence-electron chi connectivity index (χ4n) is 2.88. The van der Waals surface area contributed by atoms with Gasteiger partial charge >= 0.3 is 0 Å². The third-order valence-corrected chi connectivity index (χ3v) is 5.94. The van der Waals surface area contributed by atoms with Crippen LogP contribution in [-0.2, 0) is 27.5 Å². The molecule has 2 aromatic carbocycles. The summed E-state index contributed by atoms with van der Waals surface area (Å²) in [5, 5.41) is 2.37. The lowest BCUT2D eigenvalue weighted by atomic mass is 10.1. The highest BCUT2D eigenvalue weighted by Crippen LogP contribution is 2.25. The fraction of sp³-hybridized carbons (Fsp3) is 0.278. The van der Waals surface area contributed by atoms with Crippen LogP contribution in [0.15, 0.2) is 41.3 Å². The molecule has 0 bridgehead atoms. The van der Waals surface area contributed by atoms with Crippen LogP contribution >= 0.6 is 0 Å². The molecule has 2 aromatic rings. The molecule has 1 aliphatic rings. The minimum atomic E-state index is -3.58. The van der Waals surface area contributed by atoms with E-state index in [1.54, 1.807) is 12.1 Å². The van der Waals surface area contributed by atoms with Gasteiger partial charge in [0.15, 0.2) is 21.5 Å². The van der Waals surface area contributed by atoms with E-state index in [0.29, 0.717) is 0 Å². The van der Waals surface area contributed by atoms with Gasteiger partial charge in [-0.05, 0) is 54.7 Å². The Morgan fingerprint density at radius 3 is 2.52 bits per heavy atom. The highest BCUT2D eigenvalue weighted by molar-refractivity contribution is 7.91. The summed E-state index contributed by atoms with van der Waals surface area (Å²) < 4.78 is 50.8. The van der Waals surface area contributed by atoms with Crippen LogP contribution < -0.4 is 5.32 Å². The maximum absolute atomic E-state index is 13.1. The molecule has 0 spiro atoms. The van der Waals surface area contributed by atoms with E-state index in [9.17, 15) is 22.0 Å². The van der Waals surface area contributed by atoms with Crippen molar-refractivity contribution in [3.63, 3.8) is 0 Å². The molecule has 0 radical (unpaired) electrons. The molecule has 132 valence electrons. The number of hydrogen-bond acceptors (Lipinski definition) is 3. The summed E-state index contributed by atoms with van der Waals surface area (Å²) in [5.74, 6) is -3.02. The van der Waals surface area contributed by atoms with Gasteiger partial charge in [0.2, 0.25) is 5.91 Å². The Morgan fingerprint density at radius 1 is 1.00 bits per heavy atom. The second-order valence-corrected chi connectivity index (χ2v) is 8.14. The second kappa shape index (κ2) is 6.92. The predicted molar refractivity (Wildman–Crippen MR) is 90.1 cm³/mol. The maximum atomic E-state index is 13.1. The van der Waals surface area contributed by atoms with E-state index in [1.807, 2.05) is 6.07 Å². The van der Waals surface area contributed by atoms with Gasteiger partial charge in [-0.2, -0.15) is 0 Å². The van der Waals surface area contributed by atoms with E-state index in [1.165, 1.54) is 11.6 Å². The van der Waals surface area contributed by atoms with Crippen LogP contribution in [0.25, 0.3) is 0 Å². The van der Waals surface area contributed by atoms with Crippen molar-refractivity contribution in [3.8, 4) is 0 Å². The van der Waals surface area contributed by atoms with Crippen LogP contribution in [0.3, 0.4) is 0 Å². The molecule has 0 atom stereocenters. The first-order valence-corrected chi connectivity index (χ1v) is 9.60. The van der Waals surface area contributed by atoms with Gasteiger partial charge < -0.3 is 5.32 Å². The molecule has 25 heavy (non-hydrogen) atoms. The molecule has 0 saturated carbocycles. The first-order valence-electron chi connectivity index (χ1n) is 7.94. The average Bonchev–Trinajstić information content (AvgIpc) is 3.04. The summed E-state index contributed by atoms with van der Waals surface area (Å²) in [6, 6.07) is 8.05. The Kier molecular flexibility index (Phi) is 4.85. The molecule has 0 aliphatic heterocycles. The van der Waals surface area contributed by atoms with Crippen LogP contribution in [0, 0.1) is 11.6 Å². The Bertz CT molecular complexity index is 926. The monoisotopic (exact) mass is 365 g/mol. The Hall–Kier alpha value is -2.28. The van der Waals surface area contributed by atoms with Crippen LogP contribution in [0.4, 0.5) is 14.5 Å². The quantitative estimate of drug-likeness (QED) is 0.885. The van der Waals surface area contributed by atoms with Gasteiger partial charge in [-0.15, -0.1) is 0 Å². The van der Waals surface area contributed by atoms with Crippen molar-refractivity contribution in [1.29, 1.82) is 0 Å². The zero-order valence-electron chi connectivity index (χ0n) is 13.4. The fourth-order valence-corrected chi connectivity index (χ4v) is 4.17. The molecule has 0 saturated heterocycles. The van der Waals surface area contributed by atoms with Crippen molar-refractivity contribution in [3.05, 3.63) is 59.2 Å². The lowest BCUT2D eigenvalue weighted by Crippen LogP contribution is -2.17. The Balaban J connectivity index is 1.63. The standard InChI is InChI=1S/C18H17F2NO3S/c19-16-7-5-14(11-17(16)20)21-18(22)8-9-25(23,24)15-6-4-12-2-1-3-13(12)10-15/h4-7,10-11H,1-3,8-9H2,(H,21,22). The van der Waals surface area contributed by atoms with Crippen LogP contribution in [-0.4, -0.2) is 20.1 Å². The number of carbonyl (C=O) groups is 1. The first kappa shape index (κ1) is 17.5. The van der Waals surface area contributed by atoms with Crippen molar-refractivity contribution in [2.75, 3.05) is 11.1 Å². The molecule has 0 fully saturated rings. The van der Waals surface area contributed by atoms with Gasteiger partial charge in [0.25, 0.3) is 0 Å². The summed E-state index contributed by atoms with van der Waals surface area (Å²) in [6.45, 7) is 0. The summed E-state index contributed by atoms with van der Waals surface area (Å²) in [5.41, 5.74) is 2.31. The molecule has 1 amide bonds. The molecular formula is C18H17F2NO3S. The molecule has 1 N–H and O–H groups in total. The number of halogens is 2. The number of rotatable bonds is 5. The summed E-state index contributed by atoms with van der Waals surface area (Å²) >= 11 is 0. The number of sulfone groups is 1. The van der Waals surface area contributed by atoms with E-state index in [4.69, 9.17) is 0 Å². The van der Waals surface area contributed by atoms with Gasteiger partial charge in [0.1, 0.15) is 0 Å². The molecule has 0 unspecified atom stereocenters. The minimum Gasteiger partial charge on any atom is -0.326 e. The first-order chi connectivity index (χ1) is 11.8. The van der Waals surface area contributed by atoms with Crippen molar-refractivity contribution in [2.45, 2.75) is 30.6 Å². The molecule has 1 aliphatic carbocycles. The number of carbonyl (C=O) groups excluding carboxylic acids is 1. The number of fused-ring (bicyclic) bond motifs is 1.